The molecule has 0 amide bonds. The summed E-state index contributed by atoms with van der Waals surface area (Å²) < 4.78 is 34.1. The first-order valence-electron chi connectivity index (χ1n) is 8.99. The molecule has 2 aromatic carbocycles. The van der Waals surface area contributed by atoms with Gasteiger partial charge in [0.1, 0.15) is 13.2 Å². The average Bonchev–Trinajstić information content (AvgIpc) is 2.68. The van der Waals surface area contributed by atoms with E-state index in [9.17, 15) is 0 Å². The smallest absolute Gasteiger partial charge is 0.184 e. The van der Waals surface area contributed by atoms with Gasteiger partial charge in [-0.2, -0.15) is 0 Å². The maximum absolute atomic E-state index is 6.07. The Balaban J connectivity index is 1.76. The van der Waals surface area contributed by atoms with E-state index in [1.54, 1.807) is 12.1 Å². The molecule has 1 aliphatic rings. The second-order valence-corrected chi connectivity index (χ2v) is 5.76. The normalized spacial score (nSPS) is 17.0. The lowest BCUT2D eigenvalue weighted by atomic mass is 10.2. The van der Waals surface area contributed by atoms with Crippen LogP contribution in [-0.2, 0) is 14.2 Å². The average molecular weight is 375 g/mol. The van der Waals surface area contributed by atoms with Gasteiger partial charge >= 0.3 is 0 Å². The minimum Gasteiger partial charge on any atom is -0.487 e. The highest BCUT2D eigenvalue weighted by Crippen LogP contribution is 2.39. The largest absolute Gasteiger partial charge is 0.487 e. The predicted molar refractivity (Wildman–Crippen MR) is 101 cm³/mol. The Kier molecular flexibility index (Phi) is 7.58. The molecule has 7 nitrogen and oxygen atoms in total. The van der Waals surface area contributed by atoms with Gasteiger partial charge in [-0.1, -0.05) is 18.2 Å². The highest BCUT2D eigenvalue weighted by molar-refractivity contribution is 5.61. The van der Waals surface area contributed by atoms with E-state index in [-0.39, 0.29) is 0 Å². The third-order valence-corrected chi connectivity index (χ3v) is 3.78. The van der Waals surface area contributed by atoms with Crippen molar-refractivity contribution in [3.63, 3.8) is 0 Å². The molecule has 7 heteroatoms. The fourth-order valence-electron chi connectivity index (χ4n) is 2.49. The maximum atomic E-state index is 6.07. The number of fused-ring (bicyclic) bond motifs is 2. The number of rotatable bonds is 0. The van der Waals surface area contributed by atoms with Crippen LogP contribution in [0.3, 0.4) is 0 Å². The van der Waals surface area contributed by atoms with Crippen molar-refractivity contribution in [3.8, 4) is 23.0 Å². The van der Waals surface area contributed by atoms with E-state index in [4.69, 9.17) is 34.2 Å². The molecule has 27 heavy (non-hydrogen) atoms. The van der Waals surface area contributed by atoms with Crippen molar-refractivity contribution in [1.29, 1.82) is 0 Å². The number of hydrogen-bond acceptors (Lipinski definition) is 7. The molecule has 0 spiro atoms. The standard InChI is InChI=1S/C20H25NO6/c21-16-4-3-7-19-20(16)26-15-13-24-11-9-22-8-10-23-12-14-25-17-5-1-2-6-18(17)27-19/h1-7H,8-15,21H2. The molecular weight excluding hydrogens is 350 g/mol. The van der Waals surface area contributed by atoms with Crippen molar-refractivity contribution in [2.75, 3.05) is 58.6 Å². The first-order valence-corrected chi connectivity index (χ1v) is 8.99. The lowest BCUT2D eigenvalue weighted by Gasteiger charge is -2.17. The summed E-state index contributed by atoms with van der Waals surface area (Å²) in [5.41, 5.74) is 6.57. The first-order chi connectivity index (χ1) is 13.3. The summed E-state index contributed by atoms with van der Waals surface area (Å²) >= 11 is 0. The van der Waals surface area contributed by atoms with Crippen molar-refractivity contribution < 1.29 is 28.4 Å². The summed E-state index contributed by atoms with van der Waals surface area (Å²) in [6, 6.07) is 12.8. The van der Waals surface area contributed by atoms with Gasteiger partial charge in [0.2, 0.25) is 0 Å². The molecule has 0 fully saturated rings. The Morgan fingerprint density at radius 1 is 0.556 bits per heavy atom. The topological polar surface area (TPSA) is 81.4 Å². The van der Waals surface area contributed by atoms with Gasteiger partial charge in [-0.25, -0.2) is 0 Å². The van der Waals surface area contributed by atoms with Crippen LogP contribution in [0.2, 0.25) is 0 Å². The molecule has 3 rings (SSSR count). The van der Waals surface area contributed by atoms with E-state index in [0.29, 0.717) is 81.5 Å². The minimum absolute atomic E-state index is 0.353. The zero-order valence-corrected chi connectivity index (χ0v) is 15.2. The number of hydrogen-bond donors (Lipinski definition) is 1. The monoisotopic (exact) mass is 375 g/mol. The Morgan fingerprint density at radius 2 is 1.11 bits per heavy atom. The molecule has 0 bridgehead atoms. The van der Waals surface area contributed by atoms with Gasteiger partial charge < -0.3 is 34.2 Å². The summed E-state index contributed by atoms with van der Waals surface area (Å²) in [5, 5.41) is 0. The van der Waals surface area contributed by atoms with Gasteiger partial charge in [-0.3, -0.25) is 0 Å². The van der Waals surface area contributed by atoms with Gasteiger partial charge in [0, 0.05) is 0 Å². The lowest BCUT2D eigenvalue weighted by Crippen LogP contribution is -2.15. The maximum Gasteiger partial charge on any atom is 0.184 e. The number of ether oxygens (including phenoxy) is 6. The predicted octanol–water partition coefficient (Wildman–Crippen LogP) is 2.88. The molecule has 2 aromatic rings. The highest BCUT2D eigenvalue weighted by atomic mass is 16.6. The summed E-state index contributed by atoms with van der Waals surface area (Å²) in [5.74, 6) is 2.20. The molecule has 0 radical (unpaired) electrons. The molecule has 0 saturated carbocycles. The van der Waals surface area contributed by atoms with Gasteiger partial charge in [0.25, 0.3) is 0 Å². The Morgan fingerprint density at radius 3 is 1.81 bits per heavy atom. The Bertz CT molecular complexity index is 709. The molecule has 2 N–H and O–H groups in total. The van der Waals surface area contributed by atoms with Crippen molar-refractivity contribution in [2.45, 2.75) is 0 Å². The van der Waals surface area contributed by atoms with E-state index in [0.717, 1.165) is 0 Å². The van der Waals surface area contributed by atoms with Crippen LogP contribution in [0.1, 0.15) is 0 Å². The van der Waals surface area contributed by atoms with E-state index in [1.807, 2.05) is 30.3 Å². The molecule has 0 unspecified atom stereocenters. The molecule has 146 valence electrons. The van der Waals surface area contributed by atoms with Crippen molar-refractivity contribution in [2.24, 2.45) is 0 Å². The van der Waals surface area contributed by atoms with E-state index < -0.39 is 0 Å². The second kappa shape index (κ2) is 10.6. The van der Waals surface area contributed by atoms with E-state index >= 15 is 0 Å². The lowest BCUT2D eigenvalue weighted by molar-refractivity contribution is 0.00461. The number of para-hydroxylation sites is 3. The molecule has 0 saturated heterocycles. The third kappa shape index (κ3) is 6.02. The molecule has 1 heterocycles. The molecule has 0 atom stereocenters. The summed E-state index contributed by atoms with van der Waals surface area (Å²) in [4.78, 5) is 0. The van der Waals surface area contributed by atoms with Crippen LogP contribution >= 0.6 is 0 Å². The molecule has 0 aliphatic carbocycles. The number of benzene rings is 2. The minimum atomic E-state index is 0.353. The van der Waals surface area contributed by atoms with E-state index in [2.05, 4.69) is 0 Å². The van der Waals surface area contributed by atoms with Crippen LogP contribution in [-0.4, -0.2) is 52.9 Å². The van der Waals surface area contributed by atoms with Gasteiger partial charge in [-0.05, 0) is 24.3 Å². The first kappa shape index (κ1) is 19.3. The fourth-order valence-corrected chi connectivity index (χ4v) is 2.49. The number of nitrogens with two attached hydrogens (primary N) is 1. The van der Waals surface area contributed by atoms with Crippen LogP contribution < -0.4 is 19.9 Å². The fraction of sp³-hybridized carbons (Fsp3) is 0.400. The van der Waals surface area contributed by atoms with Crippen LogP contribution in [0.25, 0.3) is 0 Å². The summed E-state index contributed by atoms with van der Waals surface area (Å²) in [6.45, 7) is 3.67. The summed E-state index contributed by atoms with van der Waals surface area (Å²) in [6.07, 6.45) is 0. The Labute approximate surface area is 158 Å². The van der Waals surface area contributed by atoms with Crippen LogP contribution in [0, 0.1) is 0 Å². The van der Waals surface area contributed by atoms with Gasteiger partial charge in [-0.15, -0.1) is 0 Å². The third-order valence-electron chi connectivity index (χ3n) is 3.78. The van der Waals surface area contributed by atoms with Crippen molar-refractivity contribution in [3.05, 3.63) is 42.5 Å². The van der Waals surface area contributed by atoms with E-state index in [1.165, 1.54) is 0 Å². The van der Waals surface area contributed by atoms with Crippen LogP contribution in [0.15, 0.2) is 42.5 Å². The molecule has 0 aromatic heterocycles. The number of nitrogen functional groups attached to an aromatic ring is 1. The van der Waals surface area contributed by atoms with Crippen molar-refractivity contribution in [1.82, 2.24) is 0 Å². The van der Waals surface area contributed by atoms with Gasteiger partial charge in [0.15, 0.2) is 23.0 Å². The zero-order valence-electron chi connectivity index (χ0n) is 15.2. The quantitative estimate of drug-likeness (QED) is 0.709. The van der Waals surface area contributed by atoms with Crippen molar-refractivity contribution >= 4 is 5.69 Å². The van der Waals surface area contributed by atoms with Crippen LogP contribution in [0.5, 0.6) is 23.0 Å². The SMILES string of the molecule is Nc1cccc2c1OCCOCCOCCOCCOc1ccccc1O2. The second-order valence-electron chi connectivity index (χ2n) is 5.76. The van der Waals surface area contributed by atoms with Gasteiger partial charge in [0.05, 0.1) is 45.3 Å². The molecule has 1 aliphatic heterocycles. The number of anilines is 1. The highest BCUT2D eigenvalue weighted by Gasteiger charge is 2.13. The Hall–Kier alpha value is -2.48. The molecular formula is C20H25NO6. The zero-order chi connectivity index (χ0) is 18.7. The summed E-state index contributed by atoms with van der Waals surface area (Å²) in [7, 11) is 0. The van der Waals surface area contributed by atoms with Crippen LogP contribution in [0.4, 0.5) is 5.69 Å².